The molecular weight excluding hydrogens is 837 g/mol. The summed E-state index contributed by atoms with van der Waals surface area (Å²) in [4.78, 5) is 2.37. The molecule has 0 saturated carbocycles. The maximum atomic E-state index is 6.26. The topological polar surface area (TPSA) is 21.3 Å². The summed E-state index contributed by atoms with van der Waals surface area (Å²) in [5.74, 6) is 0. The highest BCUT2D eigenvalue weighted by Crippen LogP contribution is 2.41. The van der Waals surface area contributed by atoms with Crippen molar-refractivity contribution in [2.45, 2.75) is 0 Å². The molecule has 13 rings (SSSR count). The molecule has 0 unspecified atom stereocenters. The molecule has 13 aromatic rings. The van der Waals surface area contributed by atoms with Gasteiger partial charge in [0.15, 0.2) is 0 Å². The Bertz CT molecular complexity index is 3940. The predicted molar refractivity (Wildman–Crippen MR) is 290 cm³/mol. The molecule has 0 aliphatic rings. The van der Waals surface area contributed by atoms with E-state index in [1.165, 1.54) is 44.1 Å². The van der Waals surface area contributed by atoms with E-state index in [2.05, 4.69) is 264 Å². The van der Waals surface area contributed by atoms with Gasteiger partial charge >= 0.3 is 0 Å². The van der Waals surface area contributed by atoms with E-state index in [0.29, 0.717) is 0 Å². The van der Waals surface area contributed by atoms with Crippen LogP contribution in [0.2, 0.25) is 0 Å². The quantitative estimate of drug-likeness (QED) is 0.144. The van der Waals surface area contributed by atoms with Crippen LogP contribution in [0.4, 0.5) is 17.1 Å². The number of fused-ring (bicyclic) bond motifs is 6. The number of hydrogen-bond acceptors (Lipinski definition) is 2. The third-order valence-electron chi connectivity index (χ3n) is 13.6. The lowest BCUT2D eigenvalue weighted by Gasteiger charge is -2.26. The molecule has 11 aromatic carbocycles. The van der Waals surface area contributed by atoms with Crippen molar-refractivity contribution in [3.63, 3.8) is 0 Å². The summed E-state index contributed by atoms with van der Waals surface area (Å²) in [6.07, 6.45) is 0. The molecule has 0 atom stereocenters. The lowest BCUT2D eigenvalue weighted by molar-refractivity contribution is 0.669. The summed E-state index contributed by atoms with van der Waals surface area (Å²) >= 11 is 0. The molecule has 324 valence electrons. The van der Waals surface area contributed by atoms with Crippen LogP contribution >= 0.6 is 0 Å². The van der Waals surface area contributed by atoms with Gasteiger partial charge in [0.05, 0.1) is 16.7 Å². The first kappa shape index (κ1) is 40.1. The fourth-order valence-electron chi connectivity index (χ4n) is 10.2. The number of benzene rings is 11. The Kier molecular flexibility index (Phi) is 9.84. The van der Waals surface area contributed by atoms with Crippen LogP contribution < -0.4 is 4.90 Å². The van der Waals surface area contributed by atoms with Crippen molar-refractivity contribution >= 4 is 60.8 Å². The highest BCUT2D eigenvalue weighted by Gasteiger charge is 2.18. The van der Waals surface area contributed by atoms with E-state index >= 15 is 0 Å². The Morgan fingerprint density at radius 1 is 0.261 bits per heavy atom. The third-order valence-corrected chi connectivity index (χ3v) is 13.6. The standard InChI is InChI=1S/C66H44N2O/c1-2-14-45(15-3-1)46-28-30-47(31-29-46)52-18-13-19-56(43-52)67(54-37-32-48(33-38-54)50-16-12-17-51(42-50)53-36-41-61-60-23-7-11-27-65(60)69-66(61)44-53)55-39-34-49(35-40-55)57-20-4-8-24-62(57)68-63-25-9-5-21-58(63)59-22-6-10-26-64(59)68/h1-44H. The molecule has 0 bridgehead atoms. The molecule has 2 aromatic heterocycles. The highest BCUT2D eigenvalue weighted by atomic mass is 16.3. The third kappa shape index (κ3) is 7.25. The van der Waals surface area contributed by atoms with Crippen LogP contribution in [0.25, 0.3) is 105 Å². The van der Waals surface area contributed by atoms with Crippen molar-refractivity contribution in [3.8, 4) is 61.3 Å². The minimum absolute atomic E-state index is 0.900. The SMILES string of the molecule is c1ccc(-c2ccc(-c3cccc(N(c4ccc(-c5cccc(-c6ccc7c(c6)oc6ccccc67)c5)cc4)c4ccc(-c5ccccc5-n5c6ccccc6c6ccccc65)cc4)c3)cc2)cc1. The number of para-hydroxylation sites is 4. The molecule has 69 heavy (non-hydrogen) atoms. The average Bonchev–Trinajstić information content (AvgIpc) is 3.97. The first-order valence-electron chi connectivity index (χ1n) is 23.6. The summed E-state index contributed by atoms with van der Waals surface area (Å²) in [5.41, 5.74) is 20.2. The van der Waals surface area contributed by atoms with E-state index in [1.54, 1.807) is 0 Å². The summed E-state index contributed by atoms with van der Waals surface area (Å²) in [7, 11) is 0. The number of aromatic nitrogens is 1. The fourth-order valence-corrected chi connectivity index (χ4v) is 10.2. The maximum absolute atomic E-state index is 6.26. The maximum Gasteiger partial charge on any atom is 0.136 e. The summed E-state index contributed by atoms with van der Waals surface area (Å²) in [6, 6.07) is 96.1. The number of nitrogens with zero attached hydrogens (tertiary/aromatic N) is 2. The number of hydrogen-bond donors (Lipinski definition) is 0. The molecule has 0 radical (unpaired) electrons. The minimum Gasteiger partial charge on any atom is -0.456 e. The van der Waals surface area contributed by atoms with Gasteiger partial charge in [-0.1, -0.05) is 188 Å². The molecule has 0 spiro atoms. The van der Waals surface area contributed by atoms with Gasteiger partial charge in [0.1, 0.15) is 11.2 Å². The molecule has 0 aliphatic carbocycles. The summed E-state index contributed by atoms with van der Waals surface area (Å²) in [5, 5.41) is 4.78. The zero-order valence-electron chi connectivity index (χ0n) is 37.7. The zero-order valence-corrected chi connectivity index (χ0v) is 37.7. The second-order valence-corrected chi connectivity index (χ2v) is 17.7. The monoisotopic (exact) mass is 880 g/mol. The van der Waals surface area contributed by atoms with Crippen LogP contribution in [0.1, 0.15) is 0 Å². The molecule has 0 aliphatic heterocycles. The Hall–Kier alpha value is -9.18. The Labute approximate surface area is 401 Å². The van der Waals surface area contributed by atoms with Crippen LogP contribution in [0.15, 0.2) is 271 Å². The van der Waals surface area contributed by atoms with Crippen molar-refractivity contribution in [1.82, 2.24) is 4.57 Å². The first-order chi connectivity index (χ1) is 34.2. The number of rotatable bonds is 9. The lowest BCUT2D eigenvalue weighted by atomic mass is 9.98. The smallest absolute Gasteiger partial charge is 0.136 e. The van der Waals surface area contributed by atoms with Crippen LogP contribution in [0.5, 0.6) is 0 Å². The van der Waals surface area contributed by atoms with E-state index < -0.39 is 0 Å². The number of anilines is 3. The van der Waals surface area contributed by atoms with Crippen molar-refractivity contribution in [1.29, 1.82) is 0 Å². The molecule has 0 fully saturated rings. The van der Waals surface area contributed by atoms with Crippen molar-refractivity contribution in [2.75, 3.05) is 4.90 Å². The Morgan fingerprint density at radius 2 is 0.710 bits per heavy atom. The van der Waals surface area contributed by atoms with Crippen LogP contribution in [0, 0.1) is 0 Å². The molecule has 3 nitrogen and oxygen atoms in total. The van der Waals surface area contributed by atoms with E-state index in [-0.39, 0.29) is 0 Å². The van der Waals surface area contributed by atoms with Crippen LogP contribution in [-0.4, -0.2) is 4.57 Å². The molecule has 0 saturated heterocycles. The van der Waals surface area contributed by atoms with Gasteiger partial charge in [-0.2, -0.15) is 0 Å². The second kappa shape index (κ2) is 16.9. The highest BCUT2D eigenvalue weighted by molar-refractivity contribution is 6.10. The van der Waals surface area contributed by atoms with E-state index in [1.807, 2.05) is 12.1 Å². The van der Waals surface area contributed by atoms with Gasteiger partial charge < -0.3 is 13.9 Å². The summed E-state index contributed by atoms with van der Waals surface area (Å²) < 4.78 is 8.67. The van der Waals surface area contributed by atoms with E-state index in [9.17, 15) is 0 Å². The minimum atomic E-state index is 0.900. The molecule has 2 heterocycles. The summed E-state index contributed by atoms with van der Waals surface area (Å²) in [6.45, 7) is 0. The molecule has 3 heteroatoms. The Morgan fingerprint density at radius 3 is 1.41 bits per heavy atom. The number of furan rings is 1. The average molecular weight is 881 g/mol. The van der Waals surface area contributed by atoms with Gasteiger partial charge in [-0.15, -0.1) is 0 Å². The lowest BCUT2D eigenvalue weighted by Crippen LogP contribution is -2.10. The van der Waals surface area contributed by atoms with Gasteiger partial charge in [-0.05, 0) is 129 Å². The Balaban J connectivity index is 0.875. The zero-order chi connectivity index (χ0) is 45.7. The van der Waals surface area contributed by atoms with Crippen LogP contribution in [-0.2, 0) is 0 Å². The van der Waals surface area contributed by atoms with Crippen molar-refractivity contribution in [3.05, 3.63) is 267 Å². The van der Waals surface area contributed by atoms with E-state index in [0.717, 1.165) is 78.1 Å². The molecule has 0 N–H and O–H groups in total. The van der Waals surface area contributed by atoms with Gasteiger partial charge in [-0.3, -0.25) is 0 Å². The first-order valence-corrected chi connectivity index (χ1v) is 23.6. The fraction of sp³-hybridized carbons (Fsp3) is 0. The molecule has 0 amide bonds. The largest absolute Gasteiger partial charge is 0.456 e. The van der Waals surface area contributed by atoms with Gasteiger partial charge in [-0.25, -0.2) is 0 Å². The van der Waals surface area contributed by atoms with Crippen LogP contribution in [0.3, 0.4) is 0 Å². The normalized spacial score (nSPS) is 11.5. The van der Waals surface area contributed by atoms with Gasteiger partial charge in [0, 0.05) is 44.2 Å². The van der Waals surface area contributed by atoms with Gasteiger partial charge in [0.25, 0.3) is 0 Å². The van der Waals surface area contributed by atoms with Gasteiger partial charge in [0.2, 0.25) is 0 Å². The second-order valence-electron chi connectivity index (χ2n) is 17.7. The molecular formula is C66H44N2O. The van der Waals surface area contributed by atoms with E-state index in [4.69, 9.17) is 4.42 Å². The van der Waals surface area contributed by atoms with Crippen molar-refractivity contribution in [2.24, 2.45) is 0 Å². The van der Waals surface area contributed by atoms with Crippen molar-refractivity contribution < 1.29 is 4.42 Å². The predicted octanol–water partition coefficient (Wildman–Crippen LogP) is 18.5.